The molecule has 1 aliphatic heterocycles. The molecule has 0 radical (unpaired) electrons. The molecule has 256 valence electrons. The van der Waals surface area contributed by atoms with Gasteiger partial charge in [0.2, 0.25) is 0 Å². The maximum absolute atomic E-state index is 6.56. The van der Waals surface area contributed by atoms with Crippen LogP contribution in [0.5, 0.6) is 11.5 Å². The van der Waals surface area contributed by atoms with Gasteiger partial charge < -0.3 is 4.74 Å². The van der Waals surface area contributed by atoms with Crippen molar-refractivity contribution in [3.8, 4) is 56.4 Å². The summed E-state index contributed by atoms with van der Waals surface area (Å²) in [6.45, 7) is 0. The molecular formula is C51H30N2OS. The van der Waals surface area contributed by atoms with Gasteiger partial charge in [-0.15, -0.1) is 11.3 Å². The summed E-state index contributed by atoms with van der Waals surface area (Å²) in [7, 11) is 0. The topological polar surface area (TPSA) is 35.0 Å². The van der Waals surface area contributed by atoms with Gasteiger partial charge in [-0.25, -0.2) is 9.97 Å². The highest BCUT2D eigenvalue weighted by Gasteiger charge is 2.51. The van der Waals surface area contributed by atoms with E-state index < -0.39 is 5.41 Å². The van der Waals surface area contributed by atoms with E-state index in [2.05, 4.69) is 182 Å². The van der Waals surface area contributed by atoms with Crippen molar-refractivity contribution >= 4 is 42.4 Å². The number of hydrogen-bond acceptors (Lipinski definition) is 4. The minimum absolute atomic E-state index is 0.501. The van der Waals surface area contributed by atoms with E-state index in [9.17, 15) is 0 Å². The Balaban J connectivity index is 1.11. The van der Waals surface area contributed by atoms with E-state index in [1.807, 2.05) is 0 Å². The first kappa shape index (κ1) is 30.6. The molecule has 0 saturated heterocycles. The van der Waals surface area contributed by atoms with Crippen molar-refractivity contribution in [1.82, 2.24) is 9.97 Å². The largest absolute Gasteiger partial charge is 0.457 e. The van der Waals surface area contributed by atoms with Gasteiger partial charge in [0.15, 0.2) is 5.82 Å². The second-order valence-corrected chi connectivity index (χ2v) is 15.4. The summed E-state index contributed by atoms with van der Waals surface area (Å²) >= 11 is 1.77. The van der Waals surface area contributed by atoms with Crippen molar-refractivity contribution in [1.29, 1.82) is 0 Å². The van der Waals surface area contributed by atoms with Gasteiger partial charge in [0.1, 0.15) is 11.5 Å². The Morgan fingerprint density at radius 1 is 0.436 bits per heavy atom. The van der Waals surface area contributed by atoms with E-state index in [0.29, 0.717) is 0 Å². The van der Waals surface area contributed by atoms with Crippen LogP contribution in [0.2, 0.25) is 0 Å². The number of rotatable bonds is 3. The second-order valence-electron chi connectivity index (χ2n) is 14.4. The molecule has 0 atom stereocenters. The van der Waals surface area contributed by atoms with Crippen LogP contribution in [-0.2, 0) is 5.41 Å². The highest BCUT2D eigenvalue weighted by molar-refractivity contribution is 7.26. The fourth-order valence-corrected chi connectivity index (χ4v) is 10.4. The molecule has 3 heterocycles. The molecule has 2 aliphatic rings. The minimum Gasteiger partial charge on any atom is -0.457 e. The molecule has 3 nitrogen and oxygen atoms in total. The lowest BCUT2D eigenvalue weighted by atomic mass is 9.66. The Kier molecular flexibility index (Phi) is 6.42. The van der Waals surface area contributed by atoms with E-state index in [1.54, 1.807) is 11.3 Å². The molecule has 4 heteroatoms. The zero-order valence-corrected chi connectivity index (χ0v) is 30.3. The zero-order chi connectivity index (χ0) is 36.1. The molecule has 2 aromatic heterocycles. The quantitative estimate of drug-likeness (QED) is 0.182. The molecule has 1 aliphatic carbocycles. The van der Waals surface area contributed by atoms with Crippen LogP contribution >= 0.6 is 11.3 Å². The lowest BCUT2D eigenvalue weighted by Crippen LogP contribution is -2.32. The molecule has 0 unspecified atom stereocenters. The van der Waals surface area contributed by atoms with Gasteiger partial charge in [-0.2, -0.15) is 0 Å². The Labute approximate surface area is 321 Å². The number of thiophene rings is 1. The SMILES string of the molecule is c1ccc2c(c1)Oc1ccccc1C21c2ccccc2-c2cc(-c3ccccc3-c3nc(-c4cccc5ccccc45)nc4c3sc3ccccc34)ccc21. The third kappa shape index (κ3) is 4.26. The standard InChI is InChI=1S/C51H30N2OS/c1-2-16-33-31(14-1)15-13-21-37(33)50-52-47(49-48(53-50)38-20-6-12-27-46(38)55-49)36-19-4-3-17-34(36)32-28-29-41-39(30-32)35-18-5-7-22-40(35)51(41)42-23-8-10-25-44(42)54-45-26-11-9-24-43(45)51/h1-30H. The Bertz CT molecular complexity index is 3160. The maximum atomic E-state index is 6.56. The summed E-state index contributed by atoms with van der Waals surface area (Å²) in [5, 5.41) is 3.47. The molecule has 12 rings (SSSR count). The van der Waals surface area contributed by atoms with Gasteiger partial charge in [0.25, 0.3) is 0 Å². The average molecular weight is 719 g/mol. The van der Waals surface area contributed by atoms with Gasteiger partial charge >= 0.3 is 0 Å². The number of hydrogen-bond donors (Lipinski definition) is 0. The summed E-state index contributed by atoms with van der Waals surface area (Å²) in [6.07, 6.45) is 0. The number of para-hydroxylation sites is 2. The molecule has 8 aromatic carbocycles. The zero-order valence-electron chi connectivity index (χ0n) is 29.5. The third-order valence-corrected chi connectivity index (χ3v) is 12.8. The first-order valence-electron chi connectivity index (χ1n) is 18.7. The molecule has 0 bridgehead atoms. The van der Waals surface area contributed by atoms with Gasteiger partial charge in [0, 0.05) is 32.3 Å². The van der Waals surface area contributed by atoms with Crippen molar-refractivity contribution in [3.63, 3.8) is 0 Å². The summed E-state index contributed by atoms with van der Waals surface area (Å²) in [4.78, 5) is 10.8. The van der Waals surface area contributed by atoms with Crippen molar-refractivity contribution in [2.24, 2.45) is 0 Å². The van der Waals surface area contributed by atoms with Crippen LogP contribution in [0.25, 0.3) is 76.0 Å². The first-order valence-corrected chi connectivity index (χ1v) is 19.5. The fraction of sp³-hybridized carbons (Fsp3) is 0.0196. The van der Waals surface area contributed by atoms with Crippen LogP contribution in [0.3, 0.4) is 0 Å². The first-order chi connectivity index (χ1) is 27.3. The molecule has 55 heavy (non-hydrogen) atoms. The molecule has 0 saturated carbocycles. The van der Waals surface area contributed by atoms with Crippen molar-refractivity contribution in [2.45, 2.75) is 5.41 Å². The number of aromatic nitrogens is 2. The molecule has 0 N–H and O–H groups in total. The van der Waals surface area contributed by atoms with Crippen molar-refractivity contribution in [3.05, 3.63) is 204 Å². The second kappa shape index (κ2) is 11.6. The normalized spacial score (nSPS) is 13.4. The fourth-order valence-electron chi connectivity index (χ4n) is 9.28. The summed E-state index contributed by atoms with van der Waals surface area (Å²) < 4.78 is 8.86. The van der Waals surface area contributed by atoms with Crippen LogP contribution in [0, 0.1) is 0 Å². The van der Waals surface area contributed by atoms with Crippen LogP contribution in [-0.4, -0.2) is 9.97 Å². The number of ether oxygens (including phenoxy) is 1. The summed E-state index contributed by atoms with van der Waals surface area (Å²) in [5.41, 5.74) is 13.2. The van der Waals surface area contributed by atoms with Gasteiger partial charge in [-0.1, -0.05) is 158 Å². The van der Waals surface area contributed by atoms with Crippen molar-refractivity contribution in [2.75, 3.05) is 0 Å². The lowest BCUT2D eigenvalue weighted by Gasteiger charge is -2.39. The predicted octanol–water partition coefficient (Wildman–Crippen LogP) is 13.5. The highest BCUT2D eigenvalue weighted by Crippen LogP contribution is 2.62. The van der Waals surface area contributed by atoms with Crippen LogP contribution < -0.4 is 4.74 Å². The van der Waals surface area contributed by atoms with Crippen LogP contribution in [0.4, 0.5) is 0 Å². The summed E-state index contributed by atoms with van der Waals surface area (Å²) in [6, 6.07) is 65.3. The van der Waals surface area contributed by atoms with Gasteiger partial charge in [-0.05, 0) is 68.4 Å². The number of benzene rings is 8. The molecule has 0 fully saturated rings. The van der Waals surface area contributed by atoms with E-state index >= 15 is 0 Å². The number of nitrogens with zero attached hydrogens (tertiary/aromatic N) is 2. The smallest absolute Gasteiger partial charge is 0.161 e. The van der Waals surface area contributed by atoms with Gasteiger partial charge in [0.05, 0.1) is 21.3 Å². The third-order valence-electron chi connectivity index (χ3n) is 11.6. The van der Waals surface area contributed by atoms with E-state index in [-0.39, 0.29) is 0 Å². The molecular weight excluding hydrogens is 689 g/mol. The summed E-state index contributed by atoms with van der Waals surface area (Å²) in [5.74, 6) is 2.53. The number of fused-ring (bicyclic) bond motifs is 13. The average Bonchev–Trinajstić information content (AvgIpc) is 3.77. The van der Waals surface area contributed by atoms with Crippen molar-refractivity contribution < 1.29 is 4.74 Å². The highest BCUT2D eigenvalue weighted by atomic mass is 32.1. The Morgan fingerprint density at radius 3 is 1.85 bits per heavy atom. The van der Waals surface area contributed by atoms with Crippen LogP contribution in [0.15, 0.2) is 182 Å². The Morgan fingerprint density at radius 2 is 1.04 bits per heavy atom. The predicted molar refractivity (Wildman–Crippen MR) is 226 cm³/mol. The lowest BCUT2D eigenvalue weighted by molar-refractivity contribution is 0.436. The minimum atomic E-state index is -0.501. The van der Waals surface area contributed by atoms with E-state index in [1.165, 1.54) is 43.5 Å². The molecule has 0 amide bonds. The molecule has 10 aromatic rings. The Hall–Kier alpha value is -6.88. The van der Waals surface area contributed by atoms with Crippen LogP contribution in [0.1, 0.15) is 22.3 Å². The maximum Gasteiger partial charge on any atom is 0.161 e. The molecule has 1 spiro atoms. The monoisotopic (exact) mass is 718 g/mol. The van der Waals surface area contributed by atoms with E-state index in [0.717, 1.165) is 66.3 Å². The van der Waals surface area contributed by atoms with Gasteiger partial charge in [-0.3, -0.25) is 0 Å². The van der Waals surface area contributed by atoms with E-state index in [4.69, 9.17) is 14.7 Å².